The van der Waals surface area contributed by atoms with Gasteiger partial charge in [0.1, 0.15) is 5.82 Å². The Bertz CT molecular complexity index is 555. The highest BCUT2D eigenvalue weighted by atomic mass is 35.5. The molecule has 1 aliphatic heterocycles. The minimum atomic E-state index is -0.597. The van der Waals surface area contributed by atoms with Crippen LogP contribution in [0.3, 0.4) is 0 Å². The quantitative estimate of drug-likeness (QED) is 0.871. The minimum Gasteiger partial charge on any atom is -0.388 e. The molecule has 1 saturated heterocycles. The van der Waals surface area contributed by atoms with E-state index in [9.17, 15) is 14.3 Å². The number of benzene rings is 1. The molecule has 0 spiro atoms. The van der Waals surface area contributed by atoms with E-state index in [1.807, 2.05) is 4.90 Å². The van der Waals surface area contributed by atoms with Gasteiger partial charge in [-0.25, -0.2) is 4.39 Å². The summed E-state index contributed by atoms with van der Waals surface area (Å²) in [5, 5.41) is 10.4. The average Bonchev–Trinajstić information content (AvgIpc) is 2.53. The smallest absolute Gasteiger partial charge is 0.224 e. The number of piperidine rings is 1. The van der Waals surface area contributed by atoms with Crippen molar-refractivity contribution in [3.8, 4) is 0 Å². The van der Waals surface area contributed by atoms with Gasteiger partial charge in [0.2, 0.25) is 5.91 Å². The third-order valence-electron chi connectivity index (χ3n) is 5.40. The molecule has 24 heavy (non-hydrogen) atoms. The molecule has 1 saturated carbocycles. The van der Waals surface area contributed by atoms with Crippen LogP contribution in [0.5, 0.6) is 0 Å². The Morgan fingerprint density at radius 3 is 2.38 bits per heavy atom. The van der Waals surface area contributed by atoms with Crippen molar-refractivity contribution < 1.29 is 14.3 Å². The summed E-state index contributed by atoms with van der Waals surface area (Å²) in [6, 6.07) is 6.01. The number of aliphatic hydroxyl groups is 1. The molecule has 1 atom stereocenters. The van der Waals surface area contributed by atoms with E-state index in [1.165, 1.54) is 12.1 Å². The molecule has 1 amide bonds. The van der Waals surface area contributed by atoms with E-state index in [4.69, 9.17) is 5.73 Å². The Balaban J connectivity index is 0.00000208. The predicted octanol–water partition coefficient (Wildman–Crippen LogP) is 2.79. The molecule has 1 aromatic carbocycles. The number of nitrogens with zero attached hydrogens (tertiary/aromatic N) is 1. The first-order valence-electron chi connectivity index (χ1n) is 8.47. The van der Waals surface area contributed by atoms with Gasteiger partial charge in [-0.2, -0.15) is 0 Å². The normalized spacial score (nSPS) is 21.5. The third kappa shape index (κ3) is 4.26. The van der Waals surface area contributed by atoms with Crippen LogP contribution in [0.15, 0.2) is 24.3 Å². The van der Waals surface area contributed by atoms with Gasteiger partial charge in [-0.1, -0.05) is 12.1 Å². The molecular weight excluding hydrogens is 331 g/mol. The van der Waals surface area contributed by atoms with Gasteiger partial charge in [0.05, 0.1) is 6.10 Å². The second-order valence-electron chi connectivity index (χ2n) is 7.11. The highest BCUT2D eigenvalue weighted by Gasteiger charge is 2.37. The van der Waals surface area contributed by atoms with Crippen molar-refractivity contribution in [1.29, 1.82) is 0 Å². The van der Waals surface area contributed by atoms with E-state index < -0.39 is 6.10 Å². The van der Waals surface area contributed by atoms with Gasteiger partial charge in [-0.3, -0.25) is 4.79 Å². The average molecular weight is 357 g/mol. The van der Waals surface area contributed by atoms with Crippen molar-refractivity contribution in [2.75, 3.05) is 13.1 Å². The van der Waals surface area contributed by atoms with Gasteiger partial charge in [0.25, 0.3) is 0 Å². The molecule has 4 nitrogen and oxygen atoms in total. The molecule has 1 aromatic rings. The van der Waals surface area contributed by atoms with Crippen LogP contribution in [-0.2, 0) is 4.79 Å². The lowest BCUT2D eigenvalue weighted by atomic mass is 9.75. The summed E-state index contributed by atoms with van der Waals surface area (Å²) in [5.41, 5.74) is 6.62. The van der Waals surface area contributed by atoms with Crippen molar-refractivity contribution >= 4 is 18.3 Å². The first-order chi connectivity index (χ1) is 11.0. The van der Waals surface area contributed by atoms with Crippen LogP contribution in [0.4, 0.5) is 4.39 Å². The first-order valence-corrected chi connectivity index (χ1v) is 8.47. The van der Waals surface area contributed by atoms with Crippen LogP contribution in [-0.4, -0.2) is 34.5 Å². The molecule has 1 unspecified atom stereocenters. The molecule has 3 N–H and O–H groups in total. The maximum absolute atomic E-state index is 13.0. The summed E-state index contributed by atoms with van der Waals surface area (Å²) in [6.45, 7) is 1.33. The second kappa shape index (κ2) is 7.81. The summed E-state index contributed by atoms with van der Waals surface area (Å²) in [4.78, 5) is 14.2. The number of aliphatic hydroxyl groups excluding tert-OH is 1. The second-order valence-corrected chi connectivity index (χ2v) is 7.11. The zero-order chi connectivity index (χ0) is 16.4. The highest BCUT2D eigenvalue weighted by molar-refractivity contribution is 5.85. The summed E-state index contributed by atoms with van der Waals surface area (Å²) < 4.78 is 13.0. The van der Waals surface area contributed by atoms with Crippen LogP contribution in [0.25, 0.3) is 0 Å². The van der Waals surface area contributed by atoms with Gasteiger partial charge in [-0.15, -0.1) is 12.4 Å². The Morgan fingerprint density at radius 1 is 1.29 bits per heavy atom. The van der Waals surface area contributed by atoms with Crippen LogP contribution >= 0.6 is 12.4 Å². The van der Waals surface area contributed by atoms with Crippen molar-refractivity contribution in [2.45, 2.75) is 50.2 Å². The minimum absolute atomic E-state index is 0. The van der Waals surface area contributed by atoms with Crippen LogP contribution in [0.1, 0.15) is 50.2 Å². The summed E-state index contributed by atoms with van der Waals surface area (Å²) >= 11 is 0. The Morgan fingerprint density at radius 2 is 1.88 bits per heavy atom. The van der Waals surface area contributed by atoms with E-state index in [0.717, 1.165) is 37.7 Å². The van der Waals surface area contributed by atoms with E-state index >= 15 is 0 Å². The molecule has 1 heterocycles. The lowest BCUT2D eigenvalue weighted by Gasteiger charge is -2.40. The van der Waals surface area contributed by atoms with E-state index in [2.05, 4.69) is 0 Å². The number of carbonyl (C=O) groups is 1. The van der Waals surface area contributed by atoms with Crippen LogP contribution < -0.4 is 5.73 Å². The van der Waals surface area contributed by atoms with E-state index in [-0.39, 0.29) is 35.6 Å². The molecule has 2 aliphatic rings. The van der Waals surface area contributed by atoms with E-state index in [1.54, 1.807) is 12.1 Å². The van der Waals surface area contributed by atoms with Gasteiger partial charge >= 0.3 is 0 Å². The number of halogens is 2. The summed E-state index contributed by atoms with van der Waals surface area (Å²) in [5.74, 6) is -0.0463. The monoisotopic (exact) mass is 356 g/mol. The fourth-order valence-corrected chi connectivity index (χ4v) is 3.62. The largest absolute Gasteiger partial charge is 0.388 e. The molecule has 3 rings (SSSR count). The number of rotatable bonds is 4. The number of carbonyl (C=O) groups excluding carboxylic acids is 1. The summed E-state index contributed by atoms with van der Waals surface area (Å²) in [6.07, 6.45) is 4.38. The Kier molecular flexibility index (Phi) is 6.23. The Labute approximate surface area is 148 Å². The maximum Gasteiger partial charge on any atom is 0.224 e. The van der Waals surface area contributed by atoms with Gasteiger partial charge < -0.3 is 15.7 Å². The molecule has 0 radical (unpaired) electrons. The number of likely N-dealkylation sites (tertiary alicyclic amines) is 1. The fraction of sp³-hybridized carbons (Fsp3) is 0.611. The predicted molar refractivity (Wildman–Crippen MR) is 93.3 cm³/mol. The van der Waals surface area contributed by atoms with Gasteiger partial charge in [-0.05, 0) is 55.7 Å². The lowest BCUT2D eigenvalue weighted by molar-refractivity contribution is -0.135. The lowest BCUT2D eigenvalue weighted by Crippen LogP contribution is -2.51. The Hall–Kier alpha value is -1.17. The highest BCUT2D eigenvalue weighted by Crippen LogP contribution is 2.34. The maximum atomic E-state index is 13.0. The molecule has 0 bridgehead atoms. The zero-order valence-electron chi connectivity index (χ0n) is 13.8. The molecular formula is C18H26ClFN2O2. The van der Waals surface area contributed by atoms with E-state index in [0.29, 0.717) is 19.5 Å². The summed E-state index contributed by atoms with van der Waals surface area (Å²) in [7, 11) is 0. The first kappa shape index (κ1) is 19.2. The van der Waals surface area contributed by atoms with Gasteiger partial charge in [0, 0.05) is 25.0 Å². The fourth-order valence-electron chi connectivity index (χ4n) is 3.62. The van der Waals surface area contributed by atoms with Crippen molar-refractivity contribution in [3.63, 3.8) is 0 Å². The molecule has 0 aromatic heterocycles. The standard InChI is InChI=1S/C18H25FN2O2.ClH/c19-15-4-2-13(3-5-15)17(23)14-6-10-21(11-7-14)16(22)12-18(20)8-1-9-18;/h2-5,14,17,23H,1,6-12,20H2;1H. The number of hydrogen-bond acceptors (Lipinski definition) is 3. The number of hydrogen-bond donors (Lipinski definition) is 2. The topological polar surface area (TPSA) is 66.6 Å². The van der Waals surface area contributed by atoms with Crippen LogP contribution in [0, 0.1) is 11.7 Å². The number of nitrogens with two attached hydrogens (primary N) is 1. The van der Waals surface area contributed by atoms with Crippen molar-refractivity contribution in [2.24, 2.45) is 11.7 Å². The molecule has 6 heteroatoms. The molecule has 1 aliphatic carbocycles. The molecule has 2 fully saturated rings. The van der Waals surface area contributed by atoms with Crippen molar-refractivity contribution in [3.05, 3.63) is 35.6 Å². The van der Waals surface area contributed by atoms with Gasteiger partial charge in [0.15, 0.2) is 0 Å². The van der Waals surface area contributed by atoms with Crippen molar-refractivity contribution in [1.82, 2.24) is 4.90 Å². The third-order valence-corrected chi connectivity index (χ3v) is 5.40. The SMILES string of the molecule is Cl.NC1(CC(=O)N2CCC(C(O)c3ccc(F)cc3)CC2)CCC1. The number of amides is 1. The zero-order valence-corrected chi connectivity index (χ0v) is 14.6. The molecule has 134 valence electrons. The van der Waals surface area contributed by atoms with Crippen LogP contribution in [0.2, 0.25) is 0 Å².